The maximum absolute atomic E-state index is 11.9. The van der Waals surface area contributed by atoms with Crippen molar-refractivity contribution in [2.75, 3.05) is 6.61 Å². The minimum absolute atomic E-state index is 0.0206. The Hall–Kier alpha value is -1.30. The highest BCUT2D eigenvalue weighted by Gasteiger charge is 2.48. The van der Waals surface area contributed by atoms with E-state index in [4.69, 9.17) is 4.74 Å². The van der Waals surface area contributed by atoms with E-state index < -0.39 is 17.5 Å². The molecule has 6 nitrogen and oxygen atoms in total. The molecule has 3 N–H and O–H groups in total. The predicted octanol–water partition coefficient (Wildman–Crippen LogP) is 0.716. The van der Waals surface area contributed by atoms with Crippen LogP contribution >= 0.6 is 0 Å². The van der Waals surface area contributed by atoms with Crippen molar-refractivity contribution in [2.24, 2.45) is 5.92 Å². The summed E-state index contributed by atoms with van der Waals surface area (Å²) in [6.45, 7) is 4.10. The van der Waals surface area contributed by atoms with E-state index in [-0.39, 0.29) is 18.1 Å². The average molecular weight is 256 g/mol. The average Bonchev–Trinajstić information content (AvgIpc) is 3.06. The summed E-state index contributed by atoms with van der Waals surface area (Å²) in [5.74, 6) is -0.936. The lowest BCUT2D eigenvalue weighted by atomic mass is 9.96. The van der Waals surface area contributed by atoms with Crippen LogP contribution in [0.15, 0.2) is 0 Å². The molecule has 0 radical (unpaired) electrons. The molecular formula is C12H20N2O4. The Morgan fingerprint density at radius 1 is 1.33 bits per heavy atom. The van der Waals surface area contributed by atoms with Crippen molar-refractivity contribution in [3.63, 3.8) is 0 Å². The van der Waals surface area contributed by atoms with Gasteiger partial charge < -0.3 is 20.5 Å². The third kappa shape index (κ3) is 2.58. The molecule has 0 spiro atoms. The van der Waals surface area contributed by atoms with Crippen LogP contribution in [0.1, 0.15) is 33.1 Å². The maximum Gasteiger partial charge on any atom is 0.329 e. The molecular weight excluding hydrogens is 236 g/mol. The minimum Gasteiger partial charge on any atom is -0.480 e. The highest BCUT2D eigenvalue weighted by atomic mass is 16.5. The van der Waals surface area contributed by atoms with Crippen molar-refractivity contribution in [3.8, 4) is 0 Å². The van der Waals surface area contributed by atoms with Gasteiger partial charge in [-0.1, -0.05) is 0 Å². The Bertz CT molecular complexity index is 356. The first-order valence-corrected chi connectivity index (χ1v) is 6.37. The topological polar surface area (TPSA) is 87.7 Å². The summed E-state index contributed by atoms with van der Waals surface area (Å²) in [4.78, 5) is 23.1. The van der Waals surface area contributed by atoms with Gasteiger partial charge >= 0.3 is 12.0 Å². The van der Waals surface area contributed by atoms with Crippen LogP contribution in [0.2, 0.25) is 0 Å². The molecule has 102 valence electrons. The second-order valence-corrected chi connectivity index (χ2v) is 5.35. The highest BCUT2D eigenvalue weighted by Crippen LogP contribution is 2.39. The summed E-state index contributed by atoms with van der Waals surface area (Å²) < 4.78 is 5.34. The predicted molar refractivity (Wildman–Crippen MR) is 64.3 cm³/mol. The Morgan fingerprint density at radius 3 is 2.44 bits per heavy atom. The number of ether oxygens (including phenoxy) is 1. The normalized spacial score (nSPS) is 30.6. The van der Waals surface area contributed by atoms with E-state index in [1.54, 1.807) is 6.92 Å². The summed E-state index contributed by atoms with van der Waals surface area (Å²) >= 11 is 0. The van der Waals surface area contributed by atoms with Crippen molar-refractivity contribution >= 4 is 12.0 Å². The molecule has 1 saturated heterocycles. The molecule has 2 rings (SSSR count). The van der Waals surface area contributed by atoms with Gasteiger partial charge in [0.1, 0.15) is 5.54 Å². The number of rotatable bonds is 4. The second kappa shape index (κ2) is 4.76. The molecule has 1 heterocycles. The standard InChI is InChI=1S/C12H20N2O4/c1-7-9(5-6-18-7)13-11(17)14-12(2,10(15)16)8-3-4-8/h7-9H,3-6H2,1-2H3,(H,15,16)(H2,13,14,17). The fraction of sp³-hybridized carbons (Fsp3) is 0.833. The van der Waals surface area contributed by atoms with Gasteiger partial charge in [-0.3, -0.25) is 0 Å². The summed E-state index contributed by atoms with van der Waals surface area (Å²) in [5.41, 5.74) is -1.16. The van der Waals surface area contributed by atoms with Gasteiger partial charge in [0.15, 0.2) is 0 Å². The summed E-state index contributed by atoms with van der Waals surface area (Å²) in [7, 11) is 0. The fourth-order valence-electron chi connectivity index (χ4n) is 2.35. The largest absolute Gasteiger partial charge is 0.480 e. The Balaban J connectivity index is 1.91. The van der Waals surface area contributed by atoms with E-state index in [0.717, 1.165) is 19.3 Å². The lowest BCUT2D eigenvalue weighted by Gasteiger charge is -2.27. The van der Waals surface area contributed by atoms with Gasteiger partial charge in [-0.05, 0) is 39.0 Å². The molecule has 1 saturated carbocycles. The van der Waals surface area contributed by atoms with Crippen LogP contribution in [0.5, 0.6) is 0 Å². The van der Waals surface area contributed by atoms with Crippen LogP contribution in [0.25, 0.3) is 0 Å². The van der Waals surface area contributed by atoms with Crippen LogP contribution in [0.3, 0.4) is 0 Å². The molecule has 2 fully saturated rings. The summed E-state index contributed by atoms with van der Waals surface area (Å²) in [6.07, 6.45) is 2.45. The number of carbonyl (C=O) groups is 2. The van der Waals surface area contributed by atoms with E-state index in [1.807, 2.05) is 6.92 Å². The molecule has 18 heavy (non-hydrogen) atoms. The molecule has 0 aromatic carbocycles. The molecule has 1 aliphatic heterocycles. The molecule has 0 bridgehead atoms. The van der Waals surface area contributed by atoms with Gasteiger partial charge in [0.05, 0.1) is 12.1 Å². The number of amides is 2. The first kappa shape index (κ1) is 13.1. The maximum atomic E-state index is 11.9. The molecule has 3 atom stereocenters. The van der Waals surface area contributed by atoms with Gasteiger partial charge in [0.2, 0.25) is 0 Å². The number of carboxylic acid groups (broad SMARTS) is 1. The van der Waals surface area contributed by atoms with Gasteiger partial charge in [0, 0.05) is 6.61 Å². The zero-order valence-electron chi connectivity index (χ0n) is 10.7. The van der Waals surface area contributed by atoms with Crippen molar-refractivity contribution in [3.05, 3.63) is 0 Å². The van der Waals surface area contributed by atoms with Gasteiger partial charge in [0.25, 0.3) is 0 Å². The lowest BCUT2D eigenvalue weighted by molar-refractivity contribution is -0.144. The van der Waals surface area contributed by atoms with Gasteiger partial charge in [-0.25, -0.2) is 9.59 Å². The number of nitrogens with one attached hydrogen (secondary N) is 2. The fourth-order valence-corrected chi connectivity index (χ4v) is 2.35. The Labute approximate surface area is 106 Å². The number of urea groups is 1. The van der Waals surface area contributed by atoms with Crippen molar-refractivity contribution < 1.29 is 19.4 Å². The number of aliphatic carboxylic acids is 1. The molecule has 2 aliphatic rings. The van der Waals surface area contributed by atoms with Gasteiger partial charge in [-0.15, -0.1) is 0 Å². The second-order valence-electron chi connectivity index (χ2n) is 5.35. The van der Waals surface area contributed by atoms with E-state index >= 15 is 0 Å². The third-order valence-corrected chi connectivity index (χ3v) is 3.90. The van der Waals surface area contributed by atoms with Crippen molar-refractivity contribution in [1.82, 2.24) is 10.6 Å². The van der Waals surface area contributed by atoms with E-state index in [0.29, 0.717) is 6.61 Å². The first-order chi connectivity index (χ1) is 8.43. The van der Waals surface area contributed by atoms with E-state index in [9.17, 15) is 14.7 Å². The SMILES string of the molecule is CC1OCCC1NC(=O)NC(C)(C(=O)O)C1CC1. The van der Waals surface area contributed by atoms with Crippen molar-refractivity contribution in [1.29, 1.82) is 0 Å². The summed E-state index contributed by atoms with van der Waals surface area (Å²) in [5, 5.41) is 14.6. The Morgan fingerprint density at radius 2 is 2.00 bits per heavy atom. The molecule has 0 aromatic rings. The van der Waals surface area contributed by atoms with E-state index in [1.165, 1.54) is 0 Å². The number of hydrogen-bond acceptors (Lipinski definition) is 3. The summed E-state index contributed by atoms with van der Waals surface area (Å²) in [6, 6.07) is -0.462. The van der Waals surface area contributed by atoms with Crippen LogP contribution in [0.4, 0.5) is 4.79 Å². The van der Waals surface area contributed by atoms with Crippen LogP contribution in [0, 0.1) is 5.92 Å². The zero-order chi connectivity index (χ0) is 13.3. The molecule has 6 heteroatoms. The van der Waals surface area contributed by atoms with Crippen molar-refractivity contribution in [2.45, 2.75) is 50.8 Å². The Kier molecular flexibility index (Phi) is 3.47. The monoisotopic (exact) mass is 256 g/mol. The number of carbonyl (C=O) groups excluding carboxylic acids is 1. The number of hydrogen-bond donors (Lipinski definition) is 3. The molecule has 1 aliphatic carbocycles. The third-order valence-electron chi connectivity index (χ3n) is 3.90. The van der Waals surface area contributed by atoms with E-state index in [2.05, 4.69) is 10.6 Å². The quantitative estimate of drug-likeness (QED) is 0.691. The first-order valence-electron chi connectivity index (χ1n) is 6.37. The van der Waals surface area contributed by atoms with Crippen LogP contribution in [-0.2, 0) is 9.53 Å². The van der Waals surface area contributed by atoms with Crippen LogP contribution < -0.4 is 10.6 Å². The smallest absolute Gasteiger partial charge is 0.329 e. The highest BCUT2D eigenvalue weighted by molar-refractivity contribution is 5.86. The molecule has 3 unspecified atom stereocenters. The molecule has 0 aromatic heterocycles. The van der Waals surface area contributed by atoms with Gasteiger partial charge in [-0.2, -0.15) is 0 Å². The lowest BCUT2D eigenvalue weighted by Crippen LogP contribution is -2.58. The molecule has 2 amide bonds. The van der Waals surface area contributed by atoms with Crippen LogP contribution in [-0.4, -0.2) is 41.4 Å². The minimum atomic E-state index is -1.16. The number of carboxylic acids is 1. The zero-order valence-corrected chi connectivity index (χ0v) is 10.7.